The molecule has 1 aliphatic heterocycles. The Bertz CT molecular complexity index is 185. The maximum absolute atomic E-state index is 5.68. The SMILES string of the molecule is C1=C(CCOC2CNC2)CCCC1. The van der Waals surface area contributed by atoms with Gasteiger partial charge in [-0.1, -0.05) is 11.6 Å². The largest absolute Gasteiger partial charge is 0.375 e. The van der Waals surface area contributed by atoms with E-state index in [9.17, 15) is 0 Å². The van der Waals surface area contributed by atoms with E-state index in [-0.39, 0.29) is 0 Å². The second-order valence-electron chi connectivity index (χ2n) is 4.01. The number of nitrogens with one attached hydrogen (secondary N) is 1. The highest BCUT2D eigenvalue weighted by Gasteiger charge is 2.16. The molecule has 2 heteroatoms. The lowest BCUT2D eigenvalue weighted by atomic mass is 9.98. The molecule has 0 amide bonds. The van der Waals surface area contributed by atoms with Gasteiger partial charge in [0.25, 0.3) is 0 Å². The van der Waals surface area contributed by atoms with Crippen molar-refractivity contribution in [3.8, 4) is 0 Å². The molecule has 1 N–H and O–H groups in total. The Kier molecular flexibility index (Phi) is 3.39. The van der Waals surface area contributed by atoms with E-state index in [2.05, 4.69) is 11.4 Å². The minimum atomic E-state index is 0.504. The fourth-order valence-corrected chi connectivity index (χ4v) is 1.87. The van der Waals surface area contributed by atoms with Gasteiger partial charge in [0.2, 0.25) is 0 Å². The Balaban J connectivity index is 1.58. The van der Waals surface area contributed by atoms with Crippen LogP contribution >= 0.6 is 0 Å². The Hall–Kier alpha value is -0.340. The van der Waals surface area contributed by atoms with Gasteiger partial charge in [0.15, 0.2) is 0 Å². The van der Waals surface area contributed by atoms with Gasteiger partial charge >= 0.3 is 0 Å². The molecule has 1 aliphatic carbocycles. The van der Waals surface area contributed by atoms with Crippen LogP contribution in [-0.4, -0.2) is 25.8 Å². The van der Waals surface area contributed by atoms with E-state index in [1.165, 1.54) is 25.7 Å². The molecule has 1 saturated heterocycles. The number of allylic oxidation sites excluding steroid dienone is 1. The first kappa shape index (κ1) is 9.22. The lowest BCUT2D eigenvalue weighted by Crippen LogP contribution is -2.48. The average Bonchev–Trinajstić information content (AvgIpc) is 2.11. The third-order valence-electron chi connectivity index (χ3n) is 2.91. The molecule has 13 heavy (non-hydrogen) atoms. The van der Waals surface area contributed by atoms with Crippen molar-refractivity contribution in [3.63, 3.8) is 0 Å². The first-order chi connectivity index (χ1) is 6.45. The molecule has 0 saturated carbocycles. The summed E-state index contributed by atoms with van der Waals surface area (Å²) in [6, 6.07) is 0. The zero-order valence-corrected chi connectivity index (χ0v) is 8.22. The number of rotatable bonds is 4. The highest BCUT2D eigenvalue weighted by molar-refractivity contribution is 5.04. The second-order valence-corrected chi connectivity index (χ2v) is 4.01. The second kappa shape index (κ2) is 4.77. The summed E-state index contributed by atoms with van der Waals surface area (Å²) in [7, 11) is 0. The highest BCUT2D eigenvalue weighted by Crippen LogP contribution is 2.20. The van der Waals surface area contributed by atoms with Gasteiger partial charge in [0.05, 0.1) is 12.7 Å². The molecule has 2 nitrogen and oxygen atoms in total. The van der Waals surface area contributed by atoms with Gasteiger partial charge in [0, 0.05) is 13.1 Å². The molecule has 0 aromatic heterocycles. The lowest BCUT2D eigenvalue weighted by molar-refractivity contribution is 0.0204. The molecular formula is C11H19NO. The van der Waals surface area contributed by atoms with Crippen molar-refractivity contribution in [1.82, 2.24) is 5.32 Å². The van der Waals surface area contributed by atoms with Crippen LogP contribution in [0.4, 0.5) is 0 Å². The molecule has 1 fully saturated rings. The quantitative estimate of drug-likeness (QED) is 0.668. The molecule has 0 aromatic rings. The highest BCUT2D eigenvalue weighted by atomic mass is 16.5. The van der Waals surface area contributed by atoms with Gasteiger partial charge in [-0.2, -0.15) is 0 Å². The molecule has 0 unspecified atom stereocenters. The fourth-order valence-electron chi connectivity index (χ4n) is 1.87. The summed E-state index contributed by atoms with van der Waals surface area (Å²) < 4.78 is 5.68. The molecule has 0 radical (unpaired) electrons. The molecule has 2 rings (SSSR count). The third kappa shape index (κ3) is 2.82. The molecule has 0 spiro atoms. The standard InChI is InChI=1S/C11H19NO/c1-2-4-10(5-3-1)6-7-13-11-8-12-9-11/h4,11-12H,1-3,5-9H2. The molecular weight excluding hydrogens is 162 g/mol. The van der Waals surface area contributed by atoms with Crippen LogP contribution in [0.15, 0.2) is 11.6 Å². The Labute approximate surface area is 80.4 Å². The van der Waals surface area contributed by atoms with Crippen molar-refractivity contribution in [2.24, 2.45) is 0 Å². The summed E-state index contributed by atoms with van der Waals surface area (Å²) in [4.78, 5) is 0. The van der Waals surface area contributed by atoms with Crippen LogP contribution in [0.2, 0.25) is 0 Å². The summed E-state index contributed by atoms with van der Waals surface area (Å²) in [5.41, 5.74) is 1.62. The van der Waals surface area contributed by atoms with E-state index >= 15 is 0 Å². The summed E-state index contributed by atoms with van der Waals surface area (Å²) >= 11 is 0. The van der Waals surface area contributed by atoms with Crippen molar-refractivity contribution in [1.29, 1.82) is 0 Å². The maximum Gasteiger partial charge on any atom is 0.0823 e. The minimum Gasteiger partial charge on any atom is -0.375 e. The van der Waals surface area contributed by atoms with Crippen LogP contribution in [0.3, 0.4) is 0 Å². The smallest absolute Gasteiger partial charge is 0.0823 e. The molecule has 2 aliphatic rings. The van der Waals surface area contributed by atoms with Crippen molar-refractivity contribution < 1.29 is 4.74 Å². The minimum absolute atomic E-state index is 0.504. The van der Waals surface area contributed by atoms with Gasteiger partial charge < -0.3 is 10.1 Å². The van der Waals surface area contributed by atoms with Crippen molar-refractivity contribution >= 4 is 0 Å². The van der Waals surface area contributed by atoms with Gasteiger partial charge in [-0.05, 0) is 32.1 Å². The van der Waals surface area contributed by atoms with E-state index in [1.807, 2.05) is 0 Å². The summed E-state index contributed by atoms with van der Waals surface area (Å²) in [6.45, 7) is 3.04. The monoisotopic (exact) mass is 181 g/mol. The third-order valence-corrected chi connectivity index (χ3v) is 2.91. The summed E-state index contributed by atoms with van der Waals surface area (Å²) in [5, 5.41) is 3.21. The normalized spacial score (nSPS) is 23.8. The summed E-state index contributed by atoms with van der Waals surface area (Å²) in [5.74, 6) is 0. The zero-order chi connectivity index (χ0) is 8.93. The number of ether oxygens (including phenoxy) is 1. The first-order valence-electron chi connectivity index (χ1n) is 5.45. The topological polar surface area (TPSA) is 21.3 Å². The number of hydrogen-bond donors (Lipinski definition) is 1. The Morgan fingerprint density at radius 2 is 2.31 bits per heavy atom. The van der Waals surface area contributed by atoms with Crippen molar-refractivity contribution in [2.45, 2.75) is 38.2 Å². The fraction of sp³-hybridized carbons (Fsp3) is 0.818. The Morgan fingerprint density at radius 3 is 2.92 bits per heavy atom. The van der Waals surface area contributed by atoms with E-state index < -0.39 is 0 Å². The van der Waals surface area contributed by atoms with Gasteiger partial charge in [0.1, 0.15) is 0 Å². The summed E-state index contributed by atoms with van der Waals surface area (Å²) in [6.07, 6.45) is 9.45. The van der Waals surface area contributed by atoms with Crippen LogP contribution in [-0.2, 0) is 4.74 Å². The van der Waals surface area contributed by atoms with Gasteiger partial charge in [-0.15, -0.1) is 0 Å². The van der Waals surface area contributed by atoms with E-state index in [1.54, 1.807) is 5.57 Å². The van der Waals surface area contributed by atoms with E-state index in [0.717, 1.165) is 26.1 Å². The van der Waals surface area contributed by atoms with Gasteiger partial charge in [-0.3, -0.25) is 0 Å². The molecule has 0 atom stereocenters. The number of hydrogen-bond acceptors (Lipinski definition) is 2. The molecule has 0 aromatic carbocycles. The van der Waals surface area contributed by atoms with Crippen LogP contribution in [0.5, 0.6) is 0 Å². The van der Waals surface area contributed by atoms with Crippen LogP contribution in [0, 0.1) is 0 Å². The van der Waals surface area contributed by atoms with Crippen molar-refractivity contribution in [3.05, 3.63) is 11.6 Å². The predicted octanol–water partition coefficient (Wildman–Crippen LogP) is 1.87. The predicted molar refractivity (Wildman–Crippen MR) is 53.8 cm³/mol. The van der Waals surface area contributed by atoms with E-state index in [4.69, 9.17) is 4.74 Å². The van der Waals surface area contributed by atoms with Crippen molar-refractivity contribution in [2.75, 3.05) is 19.7 Å². The van der Waals surface area contributed by atoms with Gasteiger partial charge in [-0.25, -0.2) is 0 Å². The van der Waals surface area contributed by atoms with Crippen LogP contribution < -0.4 is 5.32 Å². The molecule has 74 valence electrons. The Morgan fingerprint density at radius 1 is 1.38 bits per heavy atom. The molecule has 0 bridgehead atoms. The van der Waals surface area contributed by atoms with Crippen LogP contribution in [0.1, 0.15) is 32.1 Å². The first-order valence-corrected chi connectivity index (χ1v) is 5.45. The average molecular weight is 181 g/mol. The molecule has 1 heterocycles. The zero-order valence-electron chi connectivity index (χ0n) is 8.22. The lowest BCUT2D eigenvalue weighted by Gasteiger charge is -2.27. The van der Waals surface area contributed by atoms with E-state index in [0.29, 0.717) is 6.10 Å². The maximum atomic E-state index is 5.68. The van der Waals surface area contributed by atoms with Crippen LogP contribution in [0.25, 0.3) is 0 Å².